The Balaban J connectivity index is 3.25. The molecule has 0 bridgehead atoms. The first-order valence-corrected chi connectivity index (χ1v) is 6.62. The van der Waals surface area contributed by atoms with Crippen molar-refractivity contribution in [2.45, 2.75) is 24.4 Å². The summed E-state index contributed by atoms with van der Waals surface area (Å²) in [6.07, 6.45) is 0. The maximum absolute atomic E-state index is 13.8. The highest BCUT2D eigenvalue weighted by Crippen LogP contribution is 2.26. The van der Waals surface area contributed by atoms with Gasteiger partial charge in [0, 0.05) is 0 Å². The van der Waals surface area contributed by atoms with E-state index in [1.54, 1.807) is 0 Å². The average molecular weight is 246 g/mol. The lowest BCUT2D eigenvalue weighted by Gasteiger charge is -2.18. The summed E-state index contributed by atoms with van der Waals surface area (Å²) in [6, 6.07) is 5.64. The number of aliphatic hydroxyl groups excluding tert-OH is 1. The van der Waals surface area contributed by atoms with E-state index in [1.807, 2.05) is 0 Å². The predicted octanol–water partition coefficient (Wildman–Crippen LogP) is 1.66. The molecule has 0 aliphatic heterocycles. The summed E-state index contributed by atoms with van der Waals surface area (Å²) in [4.78, 5) is 0.0878. The summed E-state index contributed by atoms with van der Waals surface area (Å²) in [5.74, 6) is -0.0292. The highest BCUT2D eigenvalue weighted by Gasteiger charge is 2.26. The number of alkyl halides is 1. The van der Waals surface area contributed by atoms with Gasteiger partial charge in [0.1, 0.15) is 0 Å². The molecule has 0 radical (unpaired) electrons. The van der Waals surface area contributed by atoms with Gasteiger partial charge in [-0.15, -0.1) is 0 Å². The third-order valence-electron chi connectivity index (χ3n) is 2.47. The molecule has 0 heterocycles. The summed E-state index contributed by atoms with van der Waals surface area (Å²) in [7, 11) is -3.34. The van der Waals surface area contributed by atoms with Crippen LogP contribution in [0.4, 0.5) is 4.39 Å². The van der Waals surface area contributed by atoms with Crippen LogP contribution < -0.4 is 0 Å². The van der Waals surface area contributed by atoms with Gasteiger partial charge in [-0.05, 0) is 24.6 Å². The van der Waals surface area contributed by atoms with Crippen LogP contribution in [0.2, 0.25) is 0 Å². The molecule has 0 aliphatic rings. The van der Waals surface area contributed by atoms with Gasteiger partial charge in [0.15, 0.2) is 15.5 Å². The zero-order valence-electron chi connectivity index (χ0n) is 9.27. The molecule has 0 fully saturated rings. The van der Waals surface area contributed by atoms with E-state index in [1.165, 1.54) is 38.1 Å². The van der Waals surface area contributed by atoms with Crippen LogP contribution in [0.5, 0.6) is 0 Å². The number of benzene rings is 1. The van der Waals surface area contributed by atoms with Crippen LogP contribution in [0.15, 0.2) is 29.2 Å². The monoisotopic (exact) mass is 246 g/mol. The minimum atomic E-state index is -3.34. The molecular weight excluding hydrogens is 231 g/mol. The number of rotatable bonds is 4. The van der Waals surface area contributed by atoms with Crippen molar-refractivity contribution in [3.63, 3.8) is 0 Å². The van der Waals surface area contributed by atoms with Crippen molar-refractivity contribution in [2.75, 3.05) is 12.4 Å². The molecule has 5 heteroatoms. The van der Waals surface area contributed by atoms with Crippen LogP contribution in [0, 0.1) is 0 Å². The second-order valence-electron chi connectivity index (χ2n) is 3.79. The Morgan fingerprint density at radius 2 is 2.06 bits per heavy atom. The number of aliphatic hydroxyl groups is 1. The molecule has 16 heavy (non-hydrogen) atoms. The van der Waals surface area contributed by atoms with Crippen LogP contribution in [-0.2, 0) is 15.5 Å². The number of hydrogen-bond donors (Lipinski definition) is 1. The molecule has 1 rings (SSSR count). The third kappa shape index (κ3) is 2.59. The van der Waals surface area contributed by atoms with E-state index in [4.69, 9.17) is 5.11 Å². The van der Waals surface area contributed by atoms with Crippen molar-refractivity contribution in [1.82, 2.24) is 0 Å². The second-order valence-corrected chi connectivity index (χ2v) is 6.07. The first kappa shape index (κ1) is 13.1. The Bertz CT molecular complexity index is 466. The van der Waals surface area contributed by atoms with E-state index >= 15 is 0 Å². The number of halogens is 1. The van der Waals surface area contributed by atoms with Gasteiger partial charge in [0.05, 0.1) is 17.3 Å². The lowest BCUT2D eigenvalue weighted by molar-refractivity contribution is 0.0866. The minimum Gasteiger partial charge on any atom is -0.393 e. The van der Waals surface area contributed by atoms with Crippen LogP contribution in [0.1, 0.15) is 19.4 Å². The second kappa shape index (κ2) is 4.51. The number of sulfone groups is 1. The van der Waals surface area contributed by atoms with E-state index < -0.39 is 22.1 Å². The van der Waals surface area contributed by atoms with Gasteiger partial charge in [-0.2, -0.15) is 0 Å². The first-order valence-electron chi connectivity index (χ1n) is 4.96. The van der Waals surface area contributed by atoms with Gasteiger partial charge in [-0.1, -0.05) is 19.1 Å². The molecule has 0 aliphatic carbocycles. The molecule has 1 atom stereocenters. The van der Waals surface area contributed by atoms with E-state index in [0.717, 1.165) is 0 Å². The van der Waals surface area contributed by atoms with Crippen LogP contribution in [0.25, 0.3) is 0 Å². The van der Waals surface area contributed by atoms with Gasteiger partial charge < -0.3 is 5.11 Å². The molecule has 1 aromatic carbocycles. The highest BCUT2D eigenvalue weighted by molar-refractivity contribution is 7.91. The summed E-state index contributed by atoms with van der Waals surface area (Å²) in [5.41, 5.74) is -1.75. The molecular formula is C11H15FO3S. The summed E-state index contributed by atoms with van der Waals surface area (Å²) in [6.45, 7) is 2.07. The summed E-state index contributed by atoms with van der Waals surface area (Å²) in [5, 5.41) is 8.87. The van der Waals surface area contributed by atoms with E-state index in [9.17, 15) is 12.8 Å². The Hall–Kier alpha value is -0.940. The zero-order valence-corrected chi connectivity index (χ0v) is 10.1. The molecule has 3 nitrogen and oxygen atoms in total. The first-order chi connectivity index (χ1) is 7.33. The van der Waals surface area contributed by atoms with Gasteiger partial charge in [0.2, 0.25) is 0 Å². The van der Waals surface area contributed by atoms with Gasteiger partial charge >= 0.3 is 0 Å². The molecule has 1 aromatic rings. The molecule has 90 valence electrons. The molecule has 0 aromatic heterocycles. The minimum absolute atomic E-state index is 0.0292. The molecule has 0 amide bonds. The van der Waals surface area contributed by atoms with Gasteiger partial charge in [-0.25, -0.2) is 12.8 Å². The maximum atomic E-state index is 13.8. The Kier molecular flexibility index (Phi) is 3.70. The van der Waals surface area contributed by atoms with Crippen molar-refractivity contribution in [2.24, 2.45) is 0 Å². The largest absolute Gasteiger partial charge is 0.393 e. The average Bonchev–Trinajstić information content (AvgIpc) is 2.29. The van der Waals surface area contributed by atoms with Crippen molar-refractivity contribution >= 4 is 9.84 Å². The summed E-state index contributed by atoms with van der Waals surface area (Å²) < 4.78 is 36.9. The topological polar surface area (TPSA) is 54.4 Å². The summed E-state index contributed by atoms with van der Waals surface area (Å²) >= 11 is 0. The Morgan fingerprint density at radius 1 is 1.44 bits per heavy atom. The van der Waals surface area contributed by atoms with Crippen LogP contribution >= 0.6 is 0 Å². The van der Waals surface area contributed by atoms with Crippen LogP contribution in [-0.4, -0.2) is 25.9 Å². The van der Waals surface area contributed by atoms with Crippen LogP contribution in [0.3, 0.4) is 0 Å². The van der Waals surface area contributed by atoms with Gasteiger partial charge in [0.25, 0.3) is 0 Å². The molecule has 1 N–H and O–H groups in total. The Labute approximate surface area is 94.8 Å². The molecule has 1 unspecified atom stereocenters. The quantitative estimate of drug-likeness (QED) is 0.879. The van der Waals surface area contributed by atoms with E-state index in [-0.39, 0.29) is 16.2 Å². The fourth-order valence-electron chi connectivity index (χ4n) is 1.27. The SMILES string of the molecule is CCS(=O)(=O)c1cccc(C(C)(F)CO)c1. The smallest absolute Gasteiger partial charge is 0.178 e. The maximum Gasteiger partial charge on any atom is 0.178 e. The molecule has 0 spiro atoms. The lowest BCUT2D eigenvalue weighted by Crippen LogP contribution is -2.20. The van der Waals surface area contributed by atoms with Gasteiger partial charge in [-0.3, -0.25) is 0 Å². The fraction of sp³-hybridized carbons (Fsp3) is 0.455. The van der Waals surface area contributed by atoms with E-state index in [2.05, 4.69) is 0 Å². The van der Waals surface area contributed by atoms with Crippen molar-refractivity contribution < 1.29 is 17.9 Å². The lowest BCUT2D eigenvalue weighted by atomic mass is 9.99. The highest BCUT2D eigenvalue weighted by atomic mass is 32.2. The zero-order chi connectivity index (χ0) is 12.4. The fourth-order valence-corrected chi connectivity index (χ4v) is 2.20. The van der Waals surface area contributed by atoms with Crippen molar-refractivity contribution in [3.8, 4) is 0 Å². The van der Waals surface area contributed by atoms with E-state index in [0.29, 0.717) is 0 Å². The van der Waals surface area contributed by atoms with Crippen molar-refractivity contribution in [1.29, 1.82) is 0 Å². The molecule has 0 saturated heterocycles. The third-order valence-corrected chi connectivity index (χ3v) is 4.20. The predicted molar refractivity (Wildman–Crippen MR) is 59.7 cm³/mol. The Morgan fingerprint density at radius 3 is 2.56 bits per heavy atom. The number of hydrogen-bond acceptors (Lipinski definition) is 3. The molecule has 0 saturated carbocycles. The normalized spacial score (nSPS) is 15.8. The van der Waals surface area contributed by atoms with Crippen molar-refractivity contribution in [3.05, 3.63) is 29.8 Å². The standard InChI is InChI=1S/C11H15FO3S/c1-3-16(14,15)10-6-4-5-9(7-10)11(2,12)8-13/h4-7,13H,3,8H2,1-2H3.